The maximum absolute atomic E-state index is 15.8. The number of amides is 1. The zero-order valence-corrected chi connectivity index (χ0v) is 37.1. The van der Waals surface area contributed by atoms with Crippen LogP contribution in [0.25, 0.3) is 0 Å². The maximum Gasteiger partial charge on any atom is 0.509 e. The maximum atomic E-state index is 15.8. The lowest BCUT2D eigenvalue weighted by atomic mass is 9.44. The lowest BCUT2D eigenvalue weighted by Crippen LogP contribution is -2.82. The van der Waals surface area contributed by atoms with Gasteiger partial charge in [-0.05, 0) is 63.5 Å². The largest absolute Gasteiger partial charge is 0.509 e. The second-order valence-electron chi connectivity index (χ2n) is 18.3. The summed E-state index contributed by atoms with van der Waals surface area (Å²) in [6.45, 7) is 12.0. The van der Waals surface area contributed by atoms with E-state index in [4.69, 9.17) is 37.9 Å². The van der Waals surface area contributed by atoms with Crippen molar-refractivity contribution in [2.45, 2.75) is 128 Å². The van der Waals surface area contributed by atoms with Crippen molar-refractivity contribution in [2.75, 3.05) is 20.8 Å². The minimum absolute atomic E-state index is 0.00467. The molecule has 3 aliphatic carbocycles. The van der Waals surface area contributed by atoms with Crippen molar-refractivity contribution in [3.05, 3.63) is 82.9 Å². The number of ketones is 1. The summed E-state index contributed by atoms with van der Waals surface area (Å²) in [5.41, 5.74) is -8.08. The standard InChI is InChI=1S/C46H57NO16/c1-24-28(59-39(52)33(49)32(26-17-13-11-14-18-26)47-40(53)63-42(3,4)5)22-46(55)37(61-38(51)27-19-15-12-16-20-27)35-44(8,29(56-9)21-30-45(35,23-58-30)62-25(2)48)36(50)34(60-41(54)57-10)31(24)43(46,6)7/h11-20,28-30,32-35,37,49,55H,21-23H2,1-10H3,(H,47,53)/t28-,29-,30+,32-,33+,34+,35-,37-,44+,45-,46+/m0/s1. The van der Waals surface area contributed by atoms with Gasteiger partial charge in [-0.2, -0.15) is 0 Å². The number of Topliss-reactive ketones (excluding diaryl/α,β-unsaturated/α-hetero) is 1. The van der Waals surface area contributed by atoms with Gasteiger partial charge in [-0.15, -0.1) is 0 Å². The Kier molecular flexibility index (Phi) is 13.0. The fourth-order valence-corrected chi connectivity index (χ4v) is 10.1. The van der Waals surface area contributed by atoms with Gasteiger partial charge in [-0.1, -0.05) is 62.4 Å². The molecule has 0 aromatic heterocycles. The van der Waals surface area contributed by atoms with Crippen LogP contribution in [0, 0.1) is 16.7 Å². The number of nitrogens with one attached hydrogen (secondary N) is 1. The van der Waals surface area contributed by atoms with E-state index in [9.17, 15) is 34.2 Å². The minimum atomic E-state index is -2.39. The van der Waals surface area contributed by atoms with E-state index in [0.29, 0.717) is 5.56 Å². The molecule has 6 rings (SSSR count). The molecule has 17 heteroatoms. The molecule has 0 unspecified atom stereocenters. The summed E-state index contributed by atoms with van der Waals surface area (Å²) in [5, 5.41) is 28.1. The summed E-state index contributed by atoms with van der Waals surface area (Å²) in [6, 6.07) is 14.6. The van der Waals surface area contributed by atoms with E-state index in [1.54, 1.807) is 83.1 Å². The average Bonchev–Trinajstić information content (AvgIpc) is 3.21. The van der Waals surface area contributed by atoms with Crippen molar-refractivity contribution >= 4 is 35.9 Å². The number of methoxy groups -OCH3 is 2. The number of aliphatic hydroxyl groups excluding tert-OH is 1. The van der Waals surface area contributed by atoms with Crippen LogP contribution in [-0.4, -0.2) is 120 Å². The molecule has 3 N–H and O–H groups in total. The zero-order valence-electron chi connectivity index (χ0n) is 37.1. The highest BCUT2D eigenvalue weighted by atomic mass is 16.7. The van der Waals surface area contributed by atoms with Crippen molar-refractivity contribution in [1.82, 2.24) is 5.32 Å². The smallest absolute Gasteiger partial charge is 0.456 e. The van der Waals surface area contributed by atoms with Crippen LogP contribution in [0.2, 0.25) is 0 Å². The number of benzene rings is 2. The molecule has 0 spiro atoms. The van der Waals surface area contributed by atoms with Crippen LogP contribution in [0.4, 0.5) is 9.59 Å². The molecule has 1 heterocycles. The highest BCUT2D eigenvalue weighted by Crippen LogP contribution is 2.65. The first kappa shape index (κ1) is 47.1. The van der Waals surface area contributed by atoms with Gasteiger partial charge in [0.1, 0.15) is 29.5 Å². The number of fused-ring (bicyclic) bond motifs is 5. The second-order valence-corrected chi connectivity index (χ2v) is 18.3. The molecule has 2 bridgehead atoms. The summed E-state index contributed by atoms with van der Waals surface area (Å²) < 4.78 is 46.9. The fraction of sp³-hybridized carbons (Fsp3) is 0.565. The number of alkyl carbamates (subject to hydrolysis) is 1. The van der Waals surface area contributed by atoms with Crippen molar-refractivity contribution in [3.8, 4) is 0 Å². The van der Waals surface area contributed by atoms with E-state index in [-0.39, 0.29) is 29.7 Å². The summed E-state index contributed by atoms with van der Waals surface area (Å²) in [6.07, 6.45) is -12.0. The minimum Gasteiger partial charge on any atom is -0.456 e. The molecule has 2 aromatic rings. The number of esters is 3. The molecule has 63 heavy (non-hydrogen) atoms. The molecule has 3 fully saturated rings. The van der Waals surface area contributed by atoms with Crippen molar-refractivity contribution in [1.29, 1.82) is 0 Å². The Labute approximate surface area is 365 Å². The van der Waals surface area contributed by atoms with Crippen molar-refractivity contribution < 1.29 is 76.9 Å². The van der Waals surface area contributed by atoms with Gasteiger partial charge in [-0.3, -0.25) is 9.59 Å². The molecule has 2 saturated carbocycles. The highest BCUT2D eigenvalue weighted by Gasteiger charge is 2.78. The Morgan fingerprint density at radius 3 is 2.08 bits per heavy atom. The van der Waals surface area contributed by atoms with Gasteiger partial charge < -0.3 is 53.4 Å². The number of rotatable bonds is 10. The molecular formula is C46H57NO16. The van der Waals surface area contributed by atoms with Crippen LogP contribution in [0.3, 0.4) is 0 Å². The zero-order chi connectivity index (χ0) is 46.4. The third-order valence-electron chi connectivity index (χ3n) is 13.2. The van der Waals surface area contributed by atoms with Gasteiger partial charge in [0.25, 0.3) is 0 Å². The quantitative estimate of drug-likeness (QED) is 0.167. The molecule has 1 aliphatic heterocycles. The van der Waals surface area contributed by atoms with Crippen LogP contribution in [0.1, 0.15) is 90.2 Å². The molecular weight excluding hydrogens is 822 g/mol. The Bertz CT molecular complexity index is 2130. The molecule has 11 atom stereocenters. The molecule has 17 nitrogen and oxygen atoms in total. The number of carbonyl (C=O) groups excluding carboxylic acids is 6. The third kappa shape index (κ3) is 8.31. The van der Waals surface area contributed by atoms with Gasteiger partial charge in [0.15, 0.2) is 23.6 Å². The highest BCUT2D eigenvalue weighted by molar-refractivity contribution is 5.95. The van der Waals surface area contributed by atoms with Gasteiger partial charge in [-0.25, -0.2) is 19.2 Å². The lowest BCUT2D eigenvalue weighted by molar-refractivity contribution is -0.347. The van der Waals surface area contributed by atoms with Gasteiger partial charge in [0.2, 0.25) is 0 Å². The molecule has 0 radical (unpaired) electrons. The van der Waals surface area contributed by atoms with E-state index in [1.807, 2.05) is 0 Å². The molecule has 1 amide bonds. The predicted octanol–water partition coefficient (Wildman–Crippen LogP) is 4.70. The Balaban J connectivity index is 1.56. The van der Waals surface area contributed by atoms with E-state index in [2.05, 4.69) is 5.32 Å². The van der Waals surface area contributed by atoms with Crippen LogP contribution >= 0.6 is 0 Å². The van der Waals surface area contributed by atoms with Crippen LogP contribution in [-0.2, 0) is 52.3 Å². The average molecular weight is 880 g/mol. The number of aliphatic hydroxyl groups is 2. The van der Waals surface area contributed by atoms with E-state index in [1.165, 1.54) is 40.0 Å². The monoisotopic (exact) mass is 879 g/mol. The van der Waals surface area contributed by atoms with Crippen LogP contribution < -0.4 is 5.32 Å². The van der Waals surface area contributed by atoms with E-state index >= 15 is 4.79 Å². The number of hydrogen-bond donors (Lipinski definition) is 3. The van der Waals surface area contributed by atoms with Crippen LogP contribution in [0.15, 0.2) is 71.8 Å². The summed E-state index contributed by atoms with van der Waals surface area (Å²) >= 11 is 0. The van der Waals surface area contributed by atoms with Crippen LogP contribution in [0.5, 0.6) is 0 Å². The first-order valence-electron chi connectivity index (χ1n) is 20.7. The summed E-state index contributed by atoms with van der Waals surface area (Å²) in [4.78, 5) is 83.8. The van der Waals surface area contributed by atoms with Gasteiger partial charge >= 0.3 is 30.2 Å². The third-order valence-corrected chi connectivity index (χ3v) is 13.2. The van der Waals surface area contributed by atoms with E-state index < -0.39 is 119 Å². The number of hydrogen-bond acceptors (Lipinski definition) is 16. The molecule has 2 aromatic carbocycles. The topological polar surface area (TPSA) is 229 Å². The number of carbonyl (C=O) groups is 6. The summed E-state index contributed by atoms with van der Waals surface area (Å²) in [5.74, 6) is -5.19. The van der Waals surface area contributed by atoms with Crippen molar-refractivity contribution in [2.24, 2.45) is 16.7 Å². The Morgan fingerprint density at radius 2 is 1.54 bits per heavy atom. The van der Waals surface area contributed by atoms with Gasteiger partial charge in [0, 0.05) is 32.3 Å². The Hall–Kier alpha value is -5.36. The van der Waals surface area contributed by atoms with E-state index in [0.717, 1.165) is 7.11 Å². The SMILES string of the molecule is COC(=O)O[C@H]1C(=O)[C@]2(C)[C@@H](OC)C[C@H]3OC[C@@]3(OC(C)=O)[C@H]2[C@H](OC(=O)c2ccccc2)[C@]2(O)C[C@H](OC(=O)[C@H](O)[C@@H](NC(=O)OC(C)(C)C)c3ccccc3)C(C)=C1C2(C)C. The predicted molar refractivity (Wildman–Crippen MR) is 220 cm³/mol. The normalized spacial score (nSPS) is 31.8. The molecule has 342 valence electrons. The first-order valence-corrected chi connectivity index (χ1v) is 20.7. The first-order chi connectivity index (χ1) is 29.5. The second kappa shape index (κ2) is 17.3. The lowest BCUT2D eigenvalue weighted by Gasteiger charge is -2.67. The molecule has 1 saturated heterocycles. The fourth-order valence-electron chi connectivity index (χ4n) is 10.1. The number of ether oxygens (including phenoxy) is 8. The molecule has 4 aliphatic rings. The van der Waals surface area contributed by atoms with Gasteiger partial charge in [0.05, 0.1) is 42.8 Å². The Morgan fingerprint density at radius 1 is 0.921 bits per heavy atom. The van der Waals surface area contributed by atoms with Crippen molar-refractivity contribution in [3.63, 3.8) is 0 Å². The summed E-state index contributed by atoms with van der Waals surface area (Å²) in [7, 11) is 2.41.